The van der Waals surface area contributed by atoms with Crippen molar-refractivity contribution in [2.24, 2.45) is 5.92 Å². The first-order chi connectivity index (χ1) is 8.45. The van der Waals surface area contributed by atoms with Crippen molar-refractivity contribution in [3.8, 4) is 0 Å². The minimum absolute atomic E-state index is 0.267. The van der Waals surface area contributed by atoms with Crippen molar-refractivity contribution in [2.45, 2.75) is 38.6 Å². The van der Waals surface area contributed by atoms with Gasteiger partial charge in [-0.2, -0.15) is 0 Å². The largest absolute Gasteiger partial charge is 0.548 e. The first-order valence-electron chi connectivity index (χ1n) is 5.82. The molecular weight excluding hydrogens is 240 g/mol. The van der Waals surface area contributed by atoms with Gasteiger partial charge in [0.25, 0.3) is 0 Å². The van der Waals surface area contributed by atoms with Crippen LogP contribution in [0.25, 0.3) is 0 Å². The molecule has 8 nitrogen and oxygen atoms in total. The second-order valence-corrected chi connectivity index (χ2v) is 4.55. The molecule has 4 amide bonds. The molecule has 0 aromatic carbocycles. The fraction of sp³-hybridized carbons (Fsp3) is 0.700. The zero-order valence-electron chi connectivity index (χ0n) is 10.1. The van der Waals surface area contributed by atoms with Gasteiger partial charge in [-0.25, -0.2) is 9.59 Å². The predicted molar refractivity (Wildman–Crippen MR) is 57.9 cm³/mol. The number of carbonyl (C=O) groups excluding carboxylic acids is 3. The monoisotopic (exact) mass is 255 g/mol. The van der Waals surface area contributed by atoms with E-state index in [4.69, 9.17) is 0 Å². The fourth-order valence-electron chi connectivity index (χ4n) is 2.30. The molecule has 2 aliphatic heterocycles. The number of hydrogen-bond acceptors (Lipinski definition) is 4. The molecule has 100 valence electrons. The molecule has 4 atom stereocenters. The van der Waals surface area contributed by atoms with Crippen molar-refractivity contribution in [2.75, 3.05) is 0 Å². The molecule has 2 fully saturated rings. The quantitative estimate of drug-likeness (QED) is 0.546. The Balaban J connectivity index is 2.26. The van der Waals surface area contributed by atoms with Crippen LogP contribution >= 0.6 is 0 Å². The van der Waals surface area contributed by atoms with E-state index in [0.717, 1.165) is 4.90 Å². The van der Waals surface area contributed by atoms with Gasteiger partial charge in [-0.3, -0.25) is 4.90 Å². The van der Waals surface area contributed by atoms with Crippen LogP contribution in [0.3, 0.4) is 0 Å². The molecular formula is C10H15N4O4-. The second-order valence-electron chi connectivity index (χ2n) is 4.55. The third-order valence-corrected chi connectivity index (χ3v) is 3.42. The molecule has 0 aliphatic carbocycles. The lowest BCUT2D eigenvalue weighted by molar-refractivity contribution is -0.312. The maximum Gasteiger partial charge on any atom is 0.321 e. The fourth-order valence-corrected chi connectivity index (χ4v) is 2.30. The number of nitrogens with one attached hydrogen (secondary N) is 3. The lowest BCUT2D eigenvalue weighted by Crippen LogP contribution is -2.58. The third kappa shape index (κ3) is 1.83. The highest BCUT2D eigenvalue weighted by atomic mass is 16.4. The summed E-state index contributed by atoms with van der Waals surface area (Å²) >= 11 is 0. The van der Waals surface area contributed by atoms with Crippen LogP contribution in [-0.4, -0.2) is 41.3 Å². The summed E-state index contributed by atoms with van der Waals surface area (Å²) in [7, 11) is 0. The van der Waals surface area contributed by atoms with Crippen LogP contribution in [0.4, 0.5) is 9.59 Å². The predicted octanol–water partition coefficient (Wildman–Crippen LogP) is -1.86. The molecule has 0 aromatic rings. The van der Waals surface area contributed by atoms with E-state index in [9.17, 15) is 19.5 Å². The van der Waals surface area contributed by atoms with Gasteiger partial charge in [-0.05, 0) is 5.92 Å². The standard InChI is InChI=1S/C10H16N4O4/c1-3-4(2)5(8(15)16)14-7-6(12-10(14)18)11-9(17)13-7/h4-7H,3H2,1-2H3,(H,12,18)(H,15,16)(H2,11,13,17)/p-1/t4-,5+,6-,7+/m0/s1. The van der Waals surface area contributed by atoms with E-state index in [1.54, 1.807) is 6.92 Å². The molecule has 0 saturated carbocycles. The summed E-state index contributed by atoms with van der Waals surface area (Å²) in [6, 6.07) is -2.02. The van der Waals surface area contributed by atoms with E-state index in [1.165, 1.54) is 0 Å². The third-order valence-electron chi connectivity index (χ3n) is 3.42. The van der Waals surface area contributed by atoms with Crippen LogP contribution in [-0.2, 0) is 4.79 Å². The Bertz CT molecular complexity index is 399. The Morgan fingerprint density at radius 3 is 2.61 bits per heavy atom. The number of carboxylic acids is 1. The molecule has 2 saturated heterocycles. The smallest absolute Gasteiger partial charge is 0.321 e. The van der Waals surface area contributed by atoms with Crippen LogP contribution in [0.1, 0.15) is 20.3 Å². The molecule has 2 heterocycles. The van der Waals surface area contributed by atoms with Crippen molar-refractivity contribution >= 4 is 18.0 Å². The van der Waals surface area contributed by atoms with Crippen LogP contribution < -0.4 is 21.1 Å². The highest BCUT2D eigenvalue weighted by molar-refractivity contribution is 5.88. The van der Waals surface area contributed by atoms with Crippen molar-refractivity contribution < 1.29 is 19.5 Å². The molecule has 8 heteroatoms. The van der Waals surface area contributed by atoms with Crippen LogP contribution in [0.5, 0.6) is 0 Å². The van der Waals surface area contributed by atoms with Gasteiger partial charge in [0.1, 0.15) is 12.3 Å². The lowest BCUT2D eigenvalue weighted by atomic mass is 9.97. The molecule has 18 heavy (non-hydrogen) atoms. The molecule has 2 aliphatic rings. The first kappa shape index (κ1) is 12.5. The molecule has 3 N–H and O–H groups in total. The molecule has 0 bridgehead atoms. The van der Waals surface area contributed by atoms with Crippen LogP contribution in [0.15, 0.2) is 0 Å². The molecule has 2 rings (SSSR count). The summed E-state index contributed by atoms with van der Waals surface area (Å²) < 4.78 is 0. The van der Waals surface area contributed by atoms with E-state index in [-0.39, 0.29) is 5.92 Å². The zero-order chi connectivity index (χ0) is 13.4. The van der Waals surface area contributed by atoms with E-state index in [0.29, 0.717) is 6.42 Å². The minimum atomic E-state index is -1.32. The SMILES string of the molecule is CC[C@H](C)[C@H](C(=O)[O-])N1C(=O)N[C@@H]2NC(=O)N[C@@H]21. The summed E-state index contributed by atoms with van der Waals surface area (Å²) in [5, 5.41) is 18.8. The maximum atomic E-state index is 11.8. The van der Waals surface area contributed by atoms with Crippen molar-refractivity contribution in [1.82, 2.24) is 20.9 Å². The summed E-state index contributed by atoms with van der Waals surface area (Å²) in [4.78, 5) is 35.3. The van der Waals surface area contributed by atoms with Crippen LogP contribution in [0.2, 0.25) is 0 Å². The Kier molecular flexibility index (Phi) is 3.02. The van der Waals surface area contributed by atoms with Gasteiger partial charge in [0, 0.05) is 0 Å². The van der Waals surface area contributed by atoms with Gasteiger partial charge in [-0.15, -0.1) is 0 Å². The maximum absolute atomic E-state index is 11.8. The van der Waals surface area contributed by atoms with E-state index in [2.05, 4.69) is 16.0 Å². The van der Waals surface area contributed by atoms with Crippen LogP contribution in [0, 0.1) is 5.92 Å². The number of carboxylic acid groups (broad SMARTS) is 1. The normalized spacial score (nSPS) is 29.1. The minimum Gasteiger partial charge on any atom is -0.548 e. The molecule has 0 spiro atoms. The topological polar surface area (TPSA) is 114 Å². The number of amides is 4. The van der Waals surface area contributed by atoms with Gasteiger partial charge in [0.15, 0.2) is 0 Å². The summed E-state index contributed by atoms with van der Waals surface area (Å²) in [5.41, 5.74) is 0. The zero-order valence-corrected chi connectivity index (χ0v) is 10.1. The van der Waals surface area contributed by atoms with Crippen molar-refractivity contribution in [3.05, 3.63) is 0 Å². The Labute approximate surface area is 104 Å². The number of carbonyl (C=O) groups is 3. The summed E-state index contributed by atoms with van der Waals surface area (Å²) in [5.74, 6) is -1.58. The molecule has 0 aromatic heterocycles. The lowest BCUT2D eigenvalue weighted by Gasteiger charge is -2.35. The van der Waals surface area contributed by atoms with Gasteiger partial charge in [0.2, 0.25) is 0 Å². The Morgan fingerprint density at radius 1 is 1.39 bits per heavy atom. The number of aliphatic carboxylic acids is 1. The Morgan fingerprint density at radius 2 is 2.06 bits per heavy atom. The Hall–Kier alpha value is -1.99. The number of urea groups is 2. The van der Waals surface area contributed by atoms with E-state index < -0.39 is 36.4 Å². The highest BCUT2D eigenvalue weighted by Crippen LogP contribution is 2.23. The molecule has 0 radical (unpaired) electrons. The number of nitrogens with zero attached hydrogens (tertiary/aromatic N) is 1. The van der Waals surface area contributed by atoms with Crippen molar-refractivity contribution in [1.29, 1.82) is 0 Å². The van der Waals surface area contributed by atoms with E-state index in [1.807, 2.05) is 6.92 Å². The highest BCUT2D eigenvalue weighted by Gasteiger charge is 2.49. The second kappa shape index (κ2) is 4.35. The van der Waals surface area contributed by atoms with E-state index >= 15 is 0 Å². The van der Waals surface area contributed by atoms with Gasteiger partial charge in [-0.1, -0.05) is 20.3 Å². The average Bonchev–Trinajstić information content (AvgIpc) is 2.76. The summed E-state index contributed by atoms with van der Waals surface area (Å²) in [6.45, 7) is 3.56. The first-order valence-corrected chi connectivity index (χ1v) is 5.82. The van der Waals surface area contributed by atoms with Crippen molar-refractivity contribution in [3.63, 3.8) is 0 Å². The summed E-state index contributed by atoms with van der Waals surface area (Å²) in [6.07, 6.45) is -0.709. The number of fused-ring (bicyclic) bond motifs is 1. The molecule has 0 unspecified atom stereocenters. The van der Waals surface area contributed by atoms with Gasteiger partial charge in [0.05, 0.1) is 12.0 Å². The van der Waals surface area contributed by atoms with Gasteiger partial charge < -0.3 is 25.9 Å². The number of rotatable bonds is 4. The number of hydrogen-bond donors (Lipinski definition) is 3. The van der Waals surface area contributed by atoms with Gasteiger partial charge >= 0.3 is 12.1 Å². The average molecular weight is 255 g/mol.